The summed E-state index contributed by atoms with van der Waals surface area (Å²) in [6, 6.07) is 4.00. The Kier molecular flexibility index (Phi) is 5.56. The van der Waals surface area contributed by atoms with Gasteiger partial charge in [-0.15, -0.1) is 0 Å². The first-order valence-electron chi connectivity index (χ1n) is 6.34. The van der Waals surface area contributed by atoms with Crippen molar-refractivity contribution in [1.82, 2.24) is 4.98 Å². The molecule has 1 rings (SSSR count). The van der Waals surface area contributed by atoms with Gasteiger partial charge in [-0.2, -0.15) is 0 Å². The Morgan fingerprint density at radius 3 is 2.50 bits per heavy atom. The van der Waals surface area contributed by atoms with E-state index in [1.807, 2.05) is 39.8 Å². The average molecular weight is 252 g/mol. The van der Waals surface area contributed by atoms with Gasteiger partial charge in [0, 0.05) is 18.2 Å². The summed E-state index contributed by atoms with van der Waals surface area (Å²) in [6.07, 6.45) is 2.52. The van der Waals surface area contributed by atoms with E-state index in [-0.39, 0.29) is 11.6 Å². The minimum atomic E-state index is -0.122. The maximum atomic E-state index is 5.71. The van der Waals surface area contributed by atoms with Gasteiger partial charge in [-0.1, -0.05) is 0 Å². The van der Waals surface area contributed by atoms with Crippen molar-refractivity contribution >= 4 is 0 Å². The van der Waals surface area contributed by atoms with Crippen LogP contribution in [0.5, 0.6) is 5.75 Å². The quantitative estimate of drug-likeness (QED) is 0.788. The molecule has 4 nitrogen and oxygen atoms in total. The number of nitrogens with two attached hydrogens (primary N) is 1. The Balaban J connectivity index is 2.31. The van der Waals surface area contributed by atoms with Crippen LogP contribution in [0, 0.1) is 0 Å². The maximum Gasteiger partial charge on any atom is 0.137 e. The molecule has 0 amide bonds. The second-order valence-corrected chi connectivity index (χ2v) is 5.48. The fraction of sp³-hybridized carbons (Fsp3) is 0.643. The number of hydrogen-bond donors (Lipinski definition) is 1. The van der Waals surface area contributed by atoms with Crippen LogP contribution in [0.25, 0.3) is 0 Å². The summed E-state index contributed by atoms with van der Waals surface area (Å²) in [6.45, 7) is 9.15. The molecule has 1 aromatic rings. The molecule has 1 atom stereocenters. The van der Waals surface area contributed by atoms with Gasteiger partial charge in [-0.25, -0.2) is 0 Å². The van der Waals surface area contributed by atoms with Crippen LogP contribution >= 0.6 is 0 Å². The number of aromatic nitrogens is 1. The molecule has 1 heterocycles. The Hall–Kier alpha value is -1.13. The number of ether oxygens (including phenoxy) is 2. The third-order valence-electron chi connectivity index (χ3n) is 2.22. The zero-order valence-electron chi connectivity index (χ0n) is 11.8. The van der Waals surface area contributed by atoms with Gasteiger partial charge in [0.15, 0.2) is 0 Å². The van der Waals surface area contributed by atoms with Crippen molar-refractivity contribution in [2.24, 2.45) is 5.73 Å². The highest BCUT2D eigenvalue weighted by atomic mass is 16.5. The largest absolute Gasteiger partial charge is 0.490 e. The van der Waals surface area contributed by atoms with E-state index < -0.39 is 0 Å². The first kappa shape index (κ1) is 14.9. The highest BCUT2D eigenvalue weighted by Crippen LogP contribution is 2.11. The van der Waals surface area contributed by atoms with Crippen molar-refractivity contribution in [3.8, 4) is 5.75 Å². The highest BCUT2D eigenvalue weighted by Gasteiger charge is 2.09. The first-order valence-corrected chi connectivity index (χ1v) is 6.34. The number of nitrogens with zero attached hydrogens (tertiary/aromatic N) is 1. The van der Waals surface area contributed by atoms with E-state index in [1.165, 1.54) is 0 Å². The molecule has 2 N–H and O–H groups in total. The van der Waals surface area contributed by atoms with E-state index >= 15 is 0 Å². The molecule has 102 valence electrons. The van der Waals surface area contributed by atoms with Crippen LogP contribution in [0.15, 0.2) is 18.3 Å². The van der Waals surface area contributed by atoms with Gasteiger partial charge in [0.05, 0.1) is 18.4 Å². The molecule has 0 aliphatic heterocycles. The second-order valence-electron chi connectivity index (χ2n) is 5.48. The summed E-state index contributed by atoms with van der Waals surface area (Å²) < 4.78 is 11.1. The highest BCUT2D eigenvalue weighted by molar-refractivity contribution is 5.20. The van der Waals surface area contributed by atoms with E-state index in [0.29, 0.717) is 13.2 Å². The number of rotatable bonds is 6. The van der Waals surface area contributed by atoms with E-state index in [0.717, 1.165) is 17.9 Å². The molecule has 1 aromatic heterocycles. The fourth-order valence-electron chi connectivity index (χ4n) is 1.45. The topological polar surface area (TPSA) is 57.4 Å². The zero-order chi connectivity index (χ0) is 13.6. The van der Waals surface area contributed by atoms with Gasteiger partial charge in [0.1, 0.15) is 12.4 Å². The van der Waals surface area contributed by atoms with Gasteiger partial charge in [0.2, 0.25) is 0 Å². The van der Waals surface area contributed by atoms with Gasteiger partial charge < -0.3 is 15.2 Å². The first-order chi connectivity index (χ1) is 8.37. The van der Waals surface area contributed by atoms with Crippen LogP contribution in [0.3, 0.4) is 0 Å². The third-order valence-corrected chi connectivity index (χ3v) is 2.22. The Morgan fingerprint density at radius 1 is 1.28 bits per heavy atom. The maximum absolute atomic E-state index is 5.71. The van der Waals surface area contributed by atoms with Crippen LogP contribution in [-0.4, -0.2) is 29.8 Å². The predicted octanol–water partition coefficient (Wildman–Crippen LogP) is 2.17. The molecule has 0 spiro atoms. The standard InChI is InChI=1S/C14H24N2O2/c1-11(15)9-12-5-6-13(10-16-12)17-7-8-18-14(2,3)4/h5-6,10-11H,7-9,15H2,1-4H3. The van der Waals surface area contributed by atoms with Crippen molar-refractivity contribution in [3.05, 3.63) is 24.0 Å². The monoisotopic (exact) mass is 252 g/mol. The summed E-state index contributed by atoms with van der Waals surface area (Å²) in [4.78, 5) is 4.30. The van der Waals surface area contributed by atoms with E-state index in [2.05, 4.69) is 4.98 Å². The van der Waals surface area contributed by atoms with Crippen LogP contribution < -0.4 is 10.5 Å². The summed E-state index contributed by atoms with van der Waals surface area (Å²) in [7, 11) is 0. The van der Waals surface area contributed by atoms with E-state index in [1.54, 1.807) is 6.20 Å². The molecule has 0 aliphatic rings. The number of pyridine rings is 1. The molecule has 0 fully saturated rings. The lowest BCUT2D eigenvalue weighted by atomic mass is 10.2. The van der Waals surface area contributed by atoms with Crippen molar-refractivity contribution in [2.75, 3.05) is 13.2 Å². The smallest absolute Gasteiger partial charge is 0.137 e. The van der Waals surface area contributed by atoms with E-state index in [9.17, 15) is 0 Å². The Bertz CT molecular complexity index is 342. The van der Waals surface area contributed by atoms with Crippen molar-refractivity contribution < 1.29 is 9.47 Å². The average Bonchev–Trinajstić information content (AvgIpc) is 2.24. The fourth-order valence-corrected chi connectivity index (χ4v) is 1.45. The molecular formula is C14H24N2O2. The minimum absolute atomic E-state index is 0.122. The lowest BCUT2D eigenvalue weighted by molar-refractivity contribution is -0.0163. The molecule has 0 aliphatic carbocycles. The molecule has 4 heteroatoms. The zero-order valence-corrected chi connectivity index (χ0v) is 11.8. The van der Waals surface area contributed by atoms with Crippen LogP contribution in [0.4, 0.5) is 0 Å². The minimum Gasteiger partial charge on any atom is -0.490 e. The molecule has 0 saturated heterocycles. The summed E-state index contributed by atoms with van der Waals surface area (Å²) in [5.74, 6) is 0.765. The summed E-state index contributed by atoms with van der Waals surface area (Å²) in [5, 5.41) is 0. The Morgan fingerprint density at radius 2 is 2.00 bits per heavy atom. The molecular weight excluding hydrogens is 228 g/mol. The third kappa shape index (κ3) is 6.57. The van der Waals surface area contributed by atoms with Crippen LogP contribution in [0.2, 0.25) is 0 Å². The second kappa shape index (κ2) is 6.71. The lowest BCUT2D eigenvalue weighted by Gasteiger charge is -2.19. The van der Waals surface area contributed by atoms with Gasteiger partial charge >= 0.3 is 0 Å². The van der Waals surface area contributed by atoms with Crippen LogP contribution in [0.1, 0.15) is 33.4 Å². The summed E-state index contributed by atoms with van der Waals surface area (Å²) >= 11 is 0. The van der Waals surface area contributed by atoms with Crippen molar-refractivity contribution in [2.45, 2.75) is 45.8 Å². The van der Waals surface area contributed by atoms with Gasteiger partial charge in [-0.05, 0) is 39.8 Å². The molecule has 1 unspecified atom stereocenters. The molecule has 18 heavy (non-hydrogen) atoms. The van der Waals surface area contributed by atoms with Gasteiger partial charge in [-0.3, -0.25) is 4.98 Å². The van der Waals surface area contributed by atoms with Crippen LogP contribution in [-0.2, 0) is 11.2 Å². The van der Waals surface area contributed by atoms with Crippen molar-refractivity contribution in [1.29, 1.82) is 0 Å². The number of hydrogen-bond acceptors (Lipinski definition) is 4. The molecule has 0 saturated carbocycles. The Labute approximate surface area is 110 Å². The molecule has 0 aromatic carbocycles. The summed E-state index contributed by atoms with van der Waals surface area (Å²) in [5.41, 5.74) is 6.58. The molecule has 0 bridgehead atoms. The van der Waals surface area contributed by atoms with Crippen molar-refractivity contribution in [3.63, 3.8) is 0 Å². The normalized spacial score (nSPS) is 13.4. The van der Waals surface area contributed by atoms with Gasteiger partial charge in [0.25, 0.3) is 0 Å². The van der Waals surface area contributed by atoms with E-state index in [4.69, 9.17) is 15.2 Å². The molecule has 0 radical (unpaired) electrons. The SMILES string of the molecule is CC(N)Cc1ccc(OCCOC(C)(C)C)cn1. The lowest BCUT2D eigenvalue weighted by Crippen LogP contribution is -2.22. The predicted molar refractivity (Wildman–Crippen MR) is 72.8 cm³/mol.